The van der Waals surface area contributed by atoms with Crippen LogP contribution in [0.3, 0.4) is 0 Å². The minimum absolute atomic E-state index is 0.0420. The van der Waals surface area contributed by atoms with E-state index in [1.54, 1.807) is 0 Å². The number of nitrogens with two attached hydrogens (primary N) is 2. The minimum atomic E-state index is -1.45. The van der Waals surface area contributed by atoms with Gasteiger partial charge in [-0.1, -0.05) is 0 Å². The molecule has 1 aromatic heterocycles. The van der Waals surface area contributed by atoms with Crippen LogP contribution in [0.5, 0.6) is 0 Å². The van der Waals surface area contributed by atoms with E-state index < -0.39 is 60.2 Å². The van der Waals surface area contributed by atoms with Crippen molar-refractivity contribution in [3.63, 3.8) is 0 Å². The lowest BCUT2D eigenvalue weighted by Gasteiger charge is -2.25. The van der Waals surface area contributed by atoms with Crippen molar-refractivity contribution in [1.82, 2.24) is 25.9 Å². The largest absolute Gasteiger partial charge is 0.481 e. The number of thioether (sulfide) groups is 1. The first-order valence-electron chi connectivity index (χ1n) is 11.9. The number of carbonyl (C=O) groups excluding carboxylic acids is 3. The molecule has 0 aliphatic heterocycles. The fourth-order valence-electron chi connectivity index (χ4n) is 3.31. The van der Waals surface area contributed by atoms with Crippen LogP contribution in [-0.2, 0) is 30.4 Å². The first kappa shape index (κ1) is 31.9. The molecule has 4 atom stereocenters. The number of amides is 3. The second-order valence-electron chi connectivity index (χ2n) is 8.41. The Morgan fingerprint density at radius 1 is 0.973 bits per heavy atom. The molecule has 208 valence electrons. The van der Waals surface area contributed by atoms with Gasteiger partial charge in [0.25, 0.3) is 0 Å². The molecule has 0 aliphatic rings. The van der Waals surface area contributed by atoms with Gasteiger partial charge in [-0.15, -0.1) is 0 Å². The number of imidazole rings is 1. The van der Waals surface area contributed by atoms with Crippen molar-refractivity contribution >= 4 is 41.4 Å². The van der Waals surface area contributed by atoms with Crippen LogP contribution < -0.4 is 27.4 Å². The summed E-state index contributed by atoms with van der Waals surface area (Å²) in [6.45, 7) is 0.352. The van der Waals surface area contributed by atoms with Gasteiger partial charge in [0.1, 0.15) is 18.1 Å². The number of carboxylic acids is 2. The third-order valence-corrected chi connectivity index (χ3v) is 6.07. The average molecular weight is 544 g/mol. The summed E-state index contributed by atoms with van der Waals surface area (Å²) in [5.41, 5.74) is 12.0. The molecule has 0 fully saturated rings. The van der Waals surface area contributed by atoms with E-state index in [-0.39, 0.29) is 19.3 Å². The Morgan fingerprint density at radius 2 is 1.62 bits per heavy atom. The molecule has 0 bridgehead atoms. The number of unbranched alkanes of at least 4 members (excludes halogenated alkanes) is 1. The number of aromatic nitrogens is 2. The van der Waals surface area contributed by atoms with Crippen LogP contribution >= 0.6 is 11.8 Å². The zero-order valence-corrected chi connectivity index (χ0v) is 21.6. The van der Waals surface area contributed by atoms with E-state index in [1.165, 1.54) is 24.3 Å². The summed E-state index contributed by atoms with van der Waals surface area (Å²) < 4.78 is 0. The summed E-state index contributed by atoms with van der Waals surface area (Å²) in [6.07, 6.45) is 5.61. The molecule has 1 aromatic rings. The third-order valence-electron chi connectivity index (χ3n) is 5.42. The van der Waals surface area contributed by atoms with Crippen LogP contribution in [0.1, 0.15) is 44.2 Å². The maximum atomic E-state index is 13.2. The van der Waals surface area contributed by atoms with Gasteiger partial charge in [0.15, 0.2) is 0 Å². The first-order chi connectivity index (χ1) is 17.6. The molecule has 4 unspecified atom stereocenters. The Labute approximate surface area is 219 Å². The first-order valence-corrected chi connectivity index (χ1v) is 13.3. The van der Waals surface area contributed by atoms with Gasteiger partial charge in [-0.25, -0.2) is 9.78 Å². The van der Waals surface area contributed by atoms with E-state index >= 15 is 0 Å². The summed E-state index contributed by atoms with van der Waals surface area (Å²) in [5, 5.41) is 25.7. The van der Waals surface area contributed by atoms with E-state index in [9.17, 15) is 29.1 Å². The van der Waals surface area contributed by atoms with Crippen molar-refractivity contribution in [2.75, 3.05) is 18.6 Å². The summed E-state index contributed by atoms with van der Waals surface area (Å²) in [4.78, 5) is 67.9. The molecule has 15 heteroatoms. The van der Waals surface area contributed by atoms with Crippen LogP contribution in [0.15, 0.2) is 12.5 Å². The molecule has 0 saturated carbocycles. The number of nitrogens with one attached hydrogen (secondary N) is 4. The smallest absolute Gasteiger partial charge is 0.326 e. The van der Waals surface area contributed by atoms with Crippen molar-refractivity contribution in [3.05, 3.63) is 18.2 Å². The number of H-pyrrole nitrogens is 1. The predicted octanol–water partition coefficient (Wildman–Crippen LogP) is -1.43. The highest BCUT2D eigenvalue weighted by Gasteiger charge is 2.30. The fourth-order valence-corrected chi connectivity index (χ4v) is 3.80. The third kappa shape index (κ3) is 12.6. The molecule has 1 heterocycles. The van der Waals surface area contributed by atoms with Gasteiger partial charge >= 0.3 is 11.9 Å². The Kier molecular flexibility index (Phi) is 14.9. The summed E-state index contributed by atoms with van der Waals surface area (Å²) >= 11 is 1.53. The number of aliphatic carboxylic acids is 2. The molecule has 0 saturated heterocycles. The molecule has 10 N–H and O–H groups in total. The molecule has 0 aromatic carbocycles. The quantitative estimate of drug-likeness (QED) is 0.0939. The molecular formula is C22H37N7O7S. The maximum Gasteiger partial charge on any atom is 0.326 e. The number of carbonyl (C=O) groups is 5. The zero-order valence-electron chi connectivity index (χ0n) is 20.8. The number of hydrogen-bond donors (Lipinski definition) is 8. The van der Waals surface area contributed by atoms with Gasteiger partial charge in [0, 0.05) is 24.7 Å². The molecule has 3 amide bonds. The lowest BCUT2D eigenvalue weighted by Crippen LogP contribution is -2.57. The second kappa shape index (κ2) is 17.3. The van der Waals surface area contributed by atoms with E-state index in [4.69, 9.17) is 16.6 Å². The van der Waals surface area contributed by atoms with E-state index in [0.717, 1.165) is 0 Å². The lowest BCUT2D eigenvalue weighted by molar-refractivity contribution is -0.143. The number of nitrogens with zero attached hydrogens (tertiary/aromatic N) is 1. The van der Waals surface area contributed by atoms with Crippen molar-refractivity contribution in [3.8, 4) is 0 Å². The van der Waals surface area contributed by atoms with Gasteiger partial charge in [0.2, 0.25) is 17.7 Å². The van der Waals surface area contributed by atoms with Crippen molar-refractivity contribution in [2.45, 2.75) is 69.1 Å². The fraction of sp³-hybridized carbons (Fsp3) is 0.636. The number of rotatable bonds is 19. The Morgan fingerprint density at radius 3 is 2.19 bits per heavy atom. The monoisotopic (exact) mass is 543 g/mol. The van der Waals surface area contributed by atoms with Gasteiger partial charge < -0.3 is 42.6 Å². The topological polar surface area (TPSA) is 243 Å². The van der Waals surface area contributed by atoms with Crippen molar-refractivity contribution in [2.24, 2.45) is 11.5 Å². The van der Waals surface area contributed by atoms with E-state index in [2.05, 4.69) is 25.9 Å². The number of aromatic amines is 1. The van der Waals surface area contributed by atoms with Gasteiger partial charge in [-0.2, -0.15) is 11.8 Å². The maximum absolute atomic E-state index is 13.2. The van der Waals surface area contributed by atoms with Crippen LogP contribution in [-0.4, -0.2) is 92.6 Å². The van der Waals surface area contributed by atoms with E-state index in [1.807, 2.05) is 6.26 Å². The van der Waals surface area contributed by atoms with Crippen LogP contribution in [0.4, 0.5) is 0 Å². The molecule has 0 spiro atoms. The second-order valence-corrected chi connectivity index (χ2v) is 9.39. The van der Waals surface area contributed by atoms with E-state index in [0.29, 0.717) is 37.3 Å². The summed E-state index contributed by atoms with van der Waals surface area (Å²) in [7, 11) is 0. The highest BCUT2D eigenvalue weighted by atomic mass is 32.2. The minimum Gasteiger partial charge on any atom is -0.481 e. The van der Waals surface area contributed by atoms with Crippen molar-refractivity contribution in [1.29, 1.82) is 0 Å². The van der Waals surface area contributed by atoms with Gasteiger partial charge in [-0.05, 0) is 50.7 Å². The summed E-state index contributed by atoms with van der Waals surface area (Å²) in [6, 6.07) is -4.52. The Bertz CT molecular complexity index is 885. The SMILES string of the molecule is CSCCC(N)C(=O)NC(Cc1cnc[nH]1)C(=O)NC(CCCCN)C(=O)NC(CCC(=O)O)C(=O)O. The zero-order chi connectivity index (χ0) is 27.8. The molecule has 0 radical (unpaired) electrons. The number of carboxylic acid groups (broad SMARTS) is 2. The molecule has 14 nitrogen and oxygen atoms in total. The van der Waals surface area contributed by atoms with Gasteiger partial charge in [0.05, 0.1) is 12.4 Å². The summed E-state index contributed by atoms with van der Waals surface area (Å²) in [5.74, 6) is -3.94. The standard InChI is InChI=1S/C22H37N7O7S/c1-37-9-7-14(24)19(32)29-17(10-13-11-25-12-26-13)21(34)27-15(4-2-3-8-23)20(33)28-16(22(35)36)5-6-18(30)31/h11-12,14-17H,2-10,23-24H2,1H3,(H,25,26)(H,27,34)(H,28,33)(H,29,32)(H,30,31)(H,35,36). The Balaban J connectivity index is 3.02. The molecule has 1 rings (SSSR count). The highest BCUT2D eigenvalue weighted by molar-refractivity contribution is 7.98. The van der Waals surface area contributed by atoms with Crippen LogP contribution in [0.25, 0.3) is 0 Å². The predicted molar refractivity (Wildman–Crippen MR) is 136 cm³/mol. The van der Waals surface area contributed by atoms with Gasteiger partial charge in [-0.3, -0.25) is 19.2 Å². The average Bonchev–Trinajstić information content (AvgIpc) is 3.36. The molecule has 0 aliphatic carbocycles. The van der Waals surface area contributed by atoms with Crippen molar-refractivity contribution < 1.29 is 34.2 Å². The molecular weight excluding hydrogens is 506 g/mol. The Hall–Kier alpha value is -3.17. The van der Waals surface area contributed by atoms with Crippen LogP contribution in [0, 0.1) is 0 Å². The number of hydrogen-bond acceptors (Lipinski definition) is 9. The lowest BCUT2D eigenvalue weighted by atomic mass is 10.0. The molecule has 37 heavy (non-hydrogen) atoms. The highest BCUT2D eigenvalue weighted by Crippen LogP contribution is 2.07. The normalized spacial score (nSPS) is 14.1. The van der Waals surface area contributed by atoms with Crippen LogP contribution in [0.2, 0.25) is 0 Å².